The van der Waals surface area contributed by atoms with Gasteiger partial charge in [0.25, 0.3) is 0 Å². The molecule has 0 heterocycles. The van der Waals surface area contributed by atoms with Crippen LogP contribution >= 0.6 is 0 Å². The van der Waals surface area contributed by atoms with Crippen molar-refractivity contribution in [3.63, 3.8) is 0 Å². The number of ether oxygens (including phenoxy) is 2. The zero-order chi connectivity index (χ0) is 20.1. The summed E-state index contributed by atoms with van der Waals surface area (Å²) in [6, 6.07) is 4.17. The van der Waals surface area contributed by atoms with E-state index in [-0.39, 0.29) is 5.92 Å². The Labute approximate surface area is 164 Å². The van der Waals surface area contributed by atoms with Crippen LogP contribution in [0.15, 0.2) is 18.2 Å². The average molecular weight is 385 g/mol. The molecule has 0 fully saturated rings. The molecular weight excluding hydrogens is 346 g/mol. The van der Waals surface area contributed by atoms with Crippen molar-refractivity contribution in [2.75, 3.05) is 13.2 Å². The highest BCUT2D eigenvalue weighted by Gasteiger charge is 2.35. The lowest BCUT2D eigenvalue weighted by atomic mass is 9.87. The van der Waals surface area contributed by atoms with Crippen LogP contribution in [0.25, 0.3) is 0 Å². The van der Waals surface area contributed by atoms with Crippen molar-refractivity contribution in [1.29, 1.82) is 0 Å². The van der Waals surface area contributed by atoms with E-state index in [1.807, 2.05) is 20.8 Å². The normalized spacial score (nSPS) is 13.1. The van der Waals surface area contributed by atoms with Crippen molar-refractivity contribution in [3.8, 4) is 0 Å². The Balaban J connectivity index is 2.71. The van der Waals surface area contributed by atoms with Gasteiger partial charge in [0.15, 0.2) is 17.4 Å². The maximum atomic E-state index is 13.5. The van der Waals surface area contributed by atoms with Crippen LogP contribution in [0.1, 0.15) is 84.6 Å². The summed E-state index contributed by atoms with van der Waals surface area (Å²) in [5.41, 5.74) is 0.817. The summed E-state index contributed by atoms with van der Waals surface area (Å²) in [6.07, 6.45) is 10.0. The second-order valence-corrected chi connectivity index (χ2v) is 7.42. The molecule has 1 rings (SSSR count). The molecule has 0 aliphatic carbocycles. The van der Waals surface area contributed by atoms with Crippen LogP contribution in [-0.4, -0.2) is 19.0 Å². The Morgan fingerprint density at radius 1 is 0.852 bits per heavy atom. The van der Waals surface area contributed by atoms with Crippen LogP contribution in [0.5, 0.6) is 0 Å². The van der Waals surface area contributed by atoms with E-state index < -0.39 is 17.4 Å². The molecule has 1 unspecified atom stereocenters. The predicted octanol–water partition coefficient (Wildman–Crippen LogP) is 7.05. The highest BCUT2D eigenvalue weighted by molar-refractivity contribution is 5.18. The molecule has 0 saturated carbocycles. The molecule has 0 bridgehead atoms. The highest BCUT2D eigenvalue weighted by atomic mass is 19.2. The third-order valence-corrected chi connectivity index (χ3v) is 5.28. The van der Waals surface area contributed by atoms with Gasteiger partial charge in [0.05, 0.1) is 0 Å². The lowest BCUT2D eigenvalue weighted by molar-refractivity contribution is -0.254. The summed E-state index contributed by atoms with van der Waals surface area (Å²) in [5.74, 6) is -1.99. The Morgan fingerprint density at radius 3 is 2.07 bits per heavy atom. The topological polar surface area (TPSA) is 18.5 Å². The number of hydrogen-bond donors (Lipinski definition) is 0. The number of halogens is 2. The van der Waals surface area contributed by atoms with Gasteiger partial charge in [0.2, 0.25) is 0 Å². The molecule has 0 N–H and O–H groups in total. The minimum absolute atomic E-state index is 0.219. The first-order valence-corrected chi connectivity index (χ1v) is 10.7. The molecular formula is C23H38F2O2. The van der Waals surface area contributed by atoms with Crippen molar-refractivity contribution < 1.29 is 18.3 Å². The fourth-order valence-corrected chi connectivity index (χ4v) is 3.73. The lowest BCUT2D eigenvalue weighted by Gasteiger charge is -2.37. The summed E-state index contributed by atoms with van der Waals surface area (Å²) < 4.78 is 38.7. The van der Waals surface area contributed by atoms with E-state index >= 15 is 0 Å². The van der Waals surface area contributed by atoms with E-state index in [1.54, 1.807) is 6.07 Å². The summed E-state index contributed by atoms with van der Waals surface area (Å²) in [7, 11) is 0. The molecule has 1 atom stereocenters. The molecule has 0 spiro atoms. The standard InChI is InChI=1S/C23H38F2O2/c1-5-8-9-10-11-12-13-20(23(4,26-6-2)27-7-3)16-14-19-15-17-21(24)22(25)18-19/h15,17-18,20H,5-14,16H2,1-4H3. The molecule has 0 amide bonds. The SMILES string of the molecule is CCCCCCCCC(CCc1ccc(F)c(F)c1)C(C)(OCC)OCC. The fourth-order valence-electron chi connectivity index (χ4n) is 3.73. The Bertz CT molecular complexity index is 513. The number of hydrogen-bond acceptors (Lipinski definition) is 2. The van der Waals surface area contributed by atoms with Gasteiger partial charge in [-0.3, -0.25) is 0 Å². The van der Waals surface area contributed by atoms with Gasteiger partial charge in [0, 0.05) is 19.1 Å². The summed E-state index contributed by atoms with van der Waals surface area (Å²) in [6.45, 7) is 9.39. The van der Waals surface area contributed by atoms with Crippen molar-refractivity contribution in [2.45, 2.75) is 91.3 Å². The minimum atomic E-state index is -0.796. The van der Waals surface area contributed by atoms with Gasteiger partial charge < -0.3 is 9.47 Å². The molecule has 1 aromatic rings. The van der Waals surface area contributed by atoms with E-state index in [1.165, 1.54) is 44.2 Å². The first-order chi connectivity index (χ1) is 13.0. The first kappa shape index (κ1) is 24.0. The van der Waals surface area contributed by atoms with Gasteiger partial charge in [-0.25, -0.2) is 8.78 Å². The maximum Gasteiger partial charge on any atom is 0.168 e. The molecule has 4 heteroatoms. The number of benzene rings is 1. The fraction of sp³-hybridized carbons (Fsp3) is 0.739. The quantitative estimate of drug-likeness (QED) is 0.238. The highest BCUT2D eigenvalue weighted by Crippen LogP contribution is 2.32. The molecule has 2 nitrogen and oxygen atoms in total. The molecule has 0 aliphatic heterocycles. The van der Waals surface area contributed by atoms with Crippen LogP contribution in [0.4, 0.5) is 8.78 Å². The van der Waals surface area contributed by atoms with E-state index in [0.29, 0.717) is 19.6 Å². The molecule has 0 radical (unpaired) electrons. The van der Waals surface area contributed by atoms with E-state index in [0.717, 1.165) is 24.8 Å². The molecule has 0 saturated heterocycles. The van der Waals surface area contributed by atoms with Crippen molar-refractivity contribution >= 4 is 0 Å². The van der Waals surface area contributed by atoms with Crippen LogP contribution < -0.4 is 0 Å². The van der Waals surface area contributed by atoms with Gasteiger partial charge >= 0.3 is 0 Å². The number of unbranched alkanes of at least 4 members (excludes halogenated alkanes) is 5. The average Bonchev–Trinajstić information content (AvgIpc) is 2.63. The van der Waals surface area contributed by atoms with Crippen molar-refractivity contribution in [2.24, 2.45) is 5.92 Å². The Hall–Kier alpha value is -1.00. The second-order valence-electron chi connectivity index (χ2n) is 7.42. The zero-order valence-corrected chi connectivity index (χ0v) is 17.7. The Kier molecular flexibility index (Phi) is 11.8. The summed E-state index contributed by atoms with van der Waals surface area (Å²) in [4.78, 5) is 0. The first-order valence-electron chi connectivity index (χ1n) is 10.7. The van der Waals surface area contributed by atoms with Crippen LogP contribution in [-0.2, 0) is 15.9 Å². The van der Waals surface area contributed by atoms with E-state index in [2.05, 4.69) is 6.92 Å². The molecule has 156 valence electrons. The van der Waals surface area contributed by atoms with Gasteiger partial charge in [0.1, 0.15) is 0 Å². The Morgan fingerprint density at radius 2 is 1.48 bits per heavy atom. The van der Waals surface area contributed by atoms with Crippen LogP contribution in [0.2, 0.25) is 0 Å². The lowest BCUT2D eigenvalue weighted by Crippen LogP contribution is -2.41. The molecule has 0 aromatic heterocycles. The second kappa shape index (κ2) is 13.2. The maximum absolute atomic E-state index is 13.5. The van der Waals surface area contributed by atoms with Gasteiger partial charge in [-0.15, -0.1) is 0 Å². The molecule has 27 heavy (non-hydrogen) atoms. The minimum Gasteiger partial charge on any atom is -0.350 e. The van der Waals surface area contributed by atoms with Gasteiger partial charge in [-0.2, -0.15) is 0 Å². The largest absolute Gasteiger partial charge is 0.350 e. The van der Waals surface area contributed by atoms with Gasteiger partial charge in [-0.05, 0) is 57.7 Å². The molecule has 1 aromatic carbocycles. The van der Waals surface area contributed by atoms with Crippen LogP contribution in [0.3, 0.4) is 0 Å². The molecule has 0 aliphatic rings. The van der Waals surface area contributed by atoms with E-state index in [9.17, 15) is 8.78 Å². The number of aryl methyl sites for hydroxylation is 1. The summed E-state index contributed by atoms with van der Waals surface area (Å²) in [5, 5.41) is 0. The smallest absolute Gasteiger partial charge is 0.168 e. The third-order valence-electron chi connectivity index (χ3n) is 5.28. The van der Waals surface area contributed by atoms with Crippen LogP contribution in [0, 0.1) is 17.6 Å². The predicted molar refractivity (Wildman–Crippen MR) is 108 cm³/mol. The zero-order valence-electron chi connectivity index (χ0n) is 17.7. The summed E-state index contributed by atoms with van der Waals surface area (Å²) >= 11 is 0. The van der Waals surface area contributed by atoms with Gasteiger partial charge in [-0.1, -0.05) is 51.5 Å². The van der Waals surface area contributed by atoms with Crippen molar-refractivity contribution in [1.82, 2.24) is 0 Å². The van der Waals surface area contributed by atoms with Crippen molar-refractivity contribution in [3.05, 3.63) is 35.4 Å². The third kappa shape index (κ3) is 8.69. The monoisotopic (exact) mass is 384 g/mol. The number of rotatable bonds is 15. The van der Waals surface area contributed by atoms with E-state index in [4.69, 9.17) is 9.47 Å².